The molecule has 0 saturated carbocycles. The van der Waals surface area contributed by atoms with E-state index in [1.54, 1.807) is 0 Å². The first-order valence-electron chi connectivity index (χ1n) is 35.9. The first-order valence-corrected chi connectivity index (χ1v) is 37.4. The lowest BCUT2D eigenvalue weighted by Crippen LogP contribution is -2.67. The van der Waals surface area contributed by atoms with Gasteiger partial charge in [-0.15, -0.1) is 0 Å². The molecule has 28 heteroatoms. The third kappa shape index (κ3) is 37.0. The summed E-state index contributed by atoms with van der Waals surface area (Å²) < 4.78 is 68.9. The Balaban J connectivity index is 1.39. The second-order valence-electron chi connectivity index (χ2n) is 25.5. The van der Waals surface area contributed by atoms with Crippen LogP contribution in [-0.4, -0.2) is 226 Å². The molecule has 560 valence electrons. The Bertz CT molecular complexity index is 2150. The standard InChI is InChI=1S/C68H123N2O25P/c1-4-6-8-10-12-14-16-18-20-22-24-26-28-30-32-39-55(75)87-47-50(91-56(76)40-33-31-29-27-25-23-21-19-17-15-13-11-9-7-5-2)48-89-96(84,85)88-44-42-70-54(74)38-35-34-37-53(73)69-41-36-43-86-68-65(95-66-62(82)60(80)57(77)49(3)90-66)64(59(79)52(46-72)93-68)94-67-63(83)61(81)58(78)51(45-71)92-67/h18-21,49-52,57-68,71-72,77-83H,4-17,22-48H2,1-3H3,(H,69,73)(H,70,74)(H,84,85)/b20-18+,21-19+/t49?,50?,51?,52?,57-,58+,59+,60+,61+,62?,63?,64+,65?,66+,67-,68-/m1/s1. The molecular formula is C68H123N2O25P. The van der Waals surface area contributed by atoms with Gasteiger partial charge in [-0.25, -0.2) is 4.57 Å². The molecule has 12 N–H and O–H groups in total. The molecule has 8 unspecified atom stereocenters. The highest BCUT2D eigenvalue weighted by atomic mass is 31.2. The first-order chi connectivity index (χ1) is 46.3. The number of rotatable bonds is 56. The molecule has 3 aliphatic rings. The summed E-state index contributed by atoms with van der Waals surface area (Å²) in [6.45, 7) is 2.61. The fourth-order valence-corrected chi connectivity index (χ4v) is 12.0. The van der Waals surface area contributed by atoms with E-state index in [-0.39, 0.29) is 64.3 Å². The van der Waals surface area contributed by atoms with Crippen LogP contribution in [0.4, 0.5) is 0 Å². The second kappa shape index (κ2) is 52.8. The summed E-state index contributed by atoms with van der Waals surface area (Å²) in [5.41, 5.74) is 0. The predicted molar refractivity (Wildman–Crippen MR) is 354 cm³/mol. The van der Waals surface area contributed by atoms with E-state index in [9.17, 15) is 74.6 Å². The first kappa shape index (κ1) is 87.1. The van der Waals surface area contributed by atoms with Crippen LogP contribution in [0.2, 0.25) is 0 Å². The Hall–Kier alpha value is -3.13. The SMILES string of the molecule is CCCCCCCC/C=C/CCCCCCCC(=O)OCC(COP(=O)(O)OCCNC(=O)CCCCC(=O)NCCCO[C@@H]1OC(CO)[C@H](O)[C@H](O[C@H]2OC(CO)[C@H](O)[C@H](O)C2O)C1O[C@@H]1OC(C)[C@@H](O)[C@H](O)C1O)OC(=O)CCCCCCC/C=C/CCCCCCCC. The smallest absolute Gasteiger partial charge is 0.462 e. The van der Waals surface area contributed by atoms with Crippen molar-refractivity contribution in [2.24, 2.45) is 0 Å². The van der Waals surface area contributed by atoms with E-state index in [4.69, 9.17) is 46.9 Å². The Morgan fingerprint density at radius 1 is 0.458 bits per heavy atom. The fourth-order valence-electron chi connectivity index (χ4n) is 11.2. The van der Waals surface area contributed by atoms with Crippen molar-refractivity contribution < 1.29 is 122 Å². The average molecular weight is 1400 g/mol. The van der Waals surface area contributed by atoms with Gasteiger partial charge in [0.15, 0.2) is 25.0 Å². The van der Waals surface area contributed by atoms with Crippen molar-refractivity contribution in [3.8, 4) is 0 Å². The van der Waals surface area contributed by atoms with E-state index in [1.165, 1.54) is 84.0 Å². The molecule has 3 fully saturated rings. The van der Waals surface area contributed by atoms with Gasteiger partial charge in [0.25, 0.3) is 0 Å². The third-order valence-electron chi connectivity index (χ3n) is 17.1. The Morgan fingerprint density at radius 3 is 1.43 bits per heavy atom. The molecule has 0 bridgehead atoms. The molecule has 27 nitrogen and oxygen atoms in total. The Labute approximate surface area is 569 Å². The molecule has 0 radical (unpaired) electrons. The number of phosphoric ester groups is 1. The lowest BCUT2D eigenvalue weighted by atomic mass is 9.96. The van der Waals surface area contributed by atoms with Gasteiger partial charge in [-0.2, -0.15) is 0 Å². The number of aliphatic hydroxyl groups excluding tert-OH is 9. The molecule has 0 spiro atoms. The van der Waals surface area contributed by atoms with Crippen LogP contribution in [0.15, 0.2) is 24.3 Å². The molecule has 3 aliphatic heterocycles. The highest BCUT2D eigenvalue weighted by molar-refractivity contribution is 7.47. The summed E-state index contributed by atoms with van der Waals surface area (Å²) in [6.07, 6.45) is 13.2. The van der Waals surface area contributed by atoms with Gasteiger partial charge in [0, 0.05) is 38.8 Å². The number of hydrogen-bond acceptors (Lipinski definition) is 24. The summed E-state index contributed by atoms with van der Waals surface area (Å²) in [5.74, 6) is -1.80. The predicted octanol–water partition coefficient (Wildman–Crippen LogP) is 6.33. The highest BCUT2D eigenvalue weighted by Gasteiger charge is 2.54. The lowest BCUT2D eigenvalue weighted by Gasteiger charge is -2.48. The van der Waals surface area contributed by atoms with E-state index in [1.807, 2.05) is 0 Å². The third-order valence-corrected chi connectivity index (χ3v) is 18.1. The molecule has 17 atom stereocenters. The number of allylic oxidation sites excluding steroid dienone is 4. The van der Waals surface area contributed by atoms with Crippen molar-refractivity contribution in [1.29, 1.82) is 0 Å². The van der Waals surface area contributed by atoms with Crippen LogP contribution in [0.3, 0.4) is 0 Å². The number of amides is 2. The van der Waals surface area contributed by atoms with E-state index in [0.29, 0.717) is 25.7 Å². The van der Waals surface area contributed by atoms with Gasteiger partial charge in [0.2, 0.25) is 11.8 Å². The minimum atomic E-state index is -4.74. The number of nitrogens with one attached hydrogen (secondary N) is 2. The van der Waals surface area contributed by atoms with Gasteiger partial charge in [0.1, 0.15) is 73.8 Å². The number of carbonyl (C=O) groups is 4. The molecule has 0 aromatic carbocycles. The van der Waals surface area contributed by atoms with E-state index in [2.05, 4.69) is 48.8 Å². The number of phosphoric acid groups is 1. The van der Waals surface area contributed by atoms with Crippen molar-refractivity contribution in [2.45, 2.75) is 331 Å². The summed E-state index contributed by atoms with van der Waals surface area (Å²) >= 11 is 0. The molecule has 0 aliphatic carbocycles. The minimum Gasteiger partial charge on any atom is -0.462 e. The van der Waals surface area contributed by atoms with Crippen LogP contribution in [0, 0.1) is 0 Å². The minimum absolute atomic E-state index is 0.0189. The fraction of sp³-hybridized carbons (Fsp3) is 0.882. The summed E-state index contributed by atoms with van der Waals surface area (Å²) in [7, 11) is -4.74. The topological polar surface area (TPSA) is 404 Å². The molecular weight excluding hydrogens is 1280 g/mol. The van der Waals surface area contributed by atoms with E-state index in [0.717, 1.165) is 77.0 Å². The highest BCUT2D eigenvalue weighted by Crippen LogP contribution is 2.43. The zero-order chi connectivity index (χ0) is 70.4. The van der Waals surface area contributed by atoms with Crippen molar-refractivity contribution in [3.05, 3.63) is 24.3 Å². The largest absolute Gasteiger partial charge is 0.472 e. The maximum atomic E-state index is 13.0. The Morgan fingerprint density at radius 2 is 0.896 bits per heavy atom. The van der Waals surface area contributed by atoms with Gasteiger partial charge < -0.3 is 99.4 Å². The van der Waals surface area contributed by atoms with Crippen LogP contribution in [-0.2, 0) is 70.7 Å². The van der Waals surface area contributed by atoms with Gasteiger partial charge >= 0.3 is 19.8 Å². The van der Waals surface area contributed by atoms with Crippen molar-refractivity contribution in [2.75, 3.05) is 52.7 Å². The number of esters is 2. The summed E-state index contributed by atoms with van der Waals surface area (Å²) in [6, 6.07) is 0. The maximum Gasteiger partial charge on any atom is 0.472 e. The summed E-state index contributed by atoms with van der Waals surface area (Å²) in [4.78, 5) is 61.5. The van der Waals surface area contributed by atoms with Crippen molar-refractivity contribution in [1.82, 2.24) is 10.6 Å². The van der Waals surface area contributed by atoms with Crippen molar-refractivity contribution >= 4 is 31.6 Å². The van der Waals surface area contributed by atoms with Crippen LogP contribution in [0.1, 0.15) is 233 Å². The van der Waals surface area contributed by atoms with Crippen molar-refractivity contribution in [3.63, 3.8) is 0 Å². The maximum absolute atomic E-state index is 13.0. The molecule has 3 saturated heterocycles. The van der Waals surface area contributed by atoms with Crippen LogP contribution >= 0.6 is 7.82 Å². The number of ether oxygens (including phenoxy) is 8. The lowest BCUT2D eigenvalue weighted by molar-refractivity contribution is -0.390. The number of aliphatic hydroxyl groups is 9. The molecule has 96 heavy (non-hydrogen) atoms. The zero-order valence-electron chi connectivity index (χ0n) is 57.6. The molecule has 0 aromatic heterocycles. The molecule has 0 aromatic rings. The summed E-state index contributed by atoms with van der Waals surface area (Å²) in [5, 5.41) is 99.5. The van der Waals surface area contributed by atoms with Gasteiger partial charge in [-0.1, -0.05) is 141 Å². The van der Waals surface area contributed by atoms with Gasteiger partial charge in [0.05, 0.1) is 39.1 Å². The second-order valence-corrected chi connectivity index (χ2v) is 26.9. The number of unbranched alkanes of at least 4 members (excludes halogenated alkanes) is 23. The van der Waals surface area contributed by atoms with Gasteiger partial charge in [-0.3, -0.25) is 28.2 Å². The van der Waals surface area contributed by atoms with E-state index < -0.39 is 150 Å². The van der Waals surface area contributed by atoms with Crippen LogP contribution in [0.25, 0.3) is 0 Å². The normalized spacial score (nSPS) is 27.2. The molecule has 3 heterocycles. The monoisotopic (exact) mass is 1400 g/mol. The van der Waals surface area contributed by atoms with Crippen LogP contribution < -0.4 is 10.6 Å². The van der Waals surface area contributed by atoms with Crippen LogP contribution in [0.5, 0.6) is 0 Å². The zero-order valence-corrected chi connectivity index (χ0v) is 58.5. The number of hydrogen-bond donors (Lipinski definition) is 12. The van der Waals surface area contributed by atoms with E-state index >= 15 is 0 Å². The average Bonchev–Trinajstić information content (AvgIpc) is 0.779. The Kier molecular flexibility index (Phi) is 47.9. The number of carbonyl (C=O) groups excluding carboxylic acids is 4. The molecule has 3 rings (SSSR count). The van der Waals surface area contributed by atoms with Gasteiger partial charge in [-0.05, 0) is 90.4 Å². The quantitative estimate of drug-likeness (QED) is 0.0137. The molecule has 2 amide bonds.